The van der Waals surface area contributed by atoms with Crippen molar-refractivity contribution in [2.24, 2.45) is 10.9 Å². The van der Waals surface area contributed by atoms with Gasteiger partial charge in [-0.2, -0.15) is 4.31 Å². The van der Waals surface area contributed by atoms with E-state index in [2.05, 4.69) is 29.5 Å². The summed E-state index contributed by atoms with van der Waals surface area (Å²) in [7, 11) is -1.66. The summed E-state index contributed by atoms with van der Waals surface area (Å²) >= 11 is 0. The maximum Gasteiger partial charge on any atom is 0.243 e. The van der Waals surface area contributed by atoms with E-state index < -0.39 is 10.0 Å². The van der Waals surface area contributed by atoms with Gasteiger partial charge in [0.2, 0.25) is 10.0 Å². The van der Waals surface area contributed by atoms with Crippen molar-refractivity contribution in [1.82, 2.24) is 14.9 Å². The van der Waals surface area contributed by atoms with Crippen LogP contribution in [0.4, 0.5) is 0 Å². The Morgan fingerprint density at radius 2 is 1.92 bits per heavy atom. The summed E-state index contributed by atoms with van der Waals surface area (Å²) in [6, 6.07) is 7.17. The van der Waals surface area contributed by atoms with Crippen LogP contribution in [0.25, 0.3) is 0 Å². The Labute approximate surface area is 151 Å². The van der Waals surface area contributed by atoms with Gasteiger partial charge in [0.15, 0.2) is 5.96 Å². The largest absolute Gasteiger partial charge is 0.356 e. The molecule has 0 aliphatic carbocycles. The third-order valence-corrected chi connectivity index (χ3v) is 6.11. The molecule has 1 aliphatic heterocycles. The van der Waals surface area contributed by atoms with E-state index in [0.29, 0.717) is 30.4 Å². The molecule has 1 saturated heterocycles. The summed E-state index contributed by atoms with van der Waals surface area (Å²) in [5.41, 5.74) is 0.922. The third-order valence-electron chi connectivity index (χ3n) is 4.21. The molecule has 2 rings (SSSR count). The summed E-state index contributed by atoms with van der Waals surface area (Å²) in [6.07, 6.45) is 3.00. The fourth-order valence-electron chi connectivity index (χ4n) is 2.78. The molecule has 0 radical (unpaired) electrons. The SMILES string of the molecule is CN=C(NCc1cccc(S(=O)(=O)N2CCCCC2)c1)NCC(C)C. The quantitative estimate of drug-likeness (QED) is 0.598. The lowest BCUT2D eigenvalue weighted by atomic mass is 10.2. The minimum Gasteiger partial charge on any atom is -0.356 e. The second-order valence-corrected chi connectivity index (χ2v) is 8.75. The second-order valence-electron chi connectivity index (χ2n) is 6.81. The maximum absolute atomic E-state index is 12.8. The van der Waals surface area contributed by atoms with Crippen molar-refractivity contribution < 1.29 is 8.42 Å². The lowest BCUT2D eigenvalue weighted by Crippen LogP contribution is -2.38. The molecule has 0 amide bonds. The number of aliphatic imine (C=N–C) groups is 1. The number of nitrogens with one attached hydrogen (secondary N) is 2. The molecule has 0 bridgehead atoms. The topological polar surface area (TPSA) is 73.8 Å². The van der Waals surface area contributed by atoms with Crippen molar-refractivity contribution in [3.63, 3.8) is 0 Å². The first kappa shape index (κ1) is 19.7. The van der Waals surface area contributed by atoms with Crippen LogP contribution in [0, 0.1) is 5.92 Å². The summed E-state index contributed by atoms with van der Waals surface area (Å²) < 4.78 is 27.2. The Kier molecular flexibility index (Phi) is 7.25. The molecular formula is C18H30N4O2S. The number of nitrogens with zero attached hydrogens (tertiary/aromatic N) is 2. The van der Waals surface area contributed by atoms with E-state index >= 15 is 0 Å². The molecule has 25 heavy (non-hydrogen) atoms. The van der Waals surface area contributed by atoms with Crippen LogP contribution in [-0.2, 0) is 16.6 Å². The lowest BCUT2D eigenvalue weighted by Gasteiger charge is -2.26. The predicted molar refractivity (Wildman–Crippen MR) is 102 cm³/mol. The Hall–Kier alpha value is -1.60. The number of piperidine rings is 1. The van der Waals surface area contributed by atoms with E-state index in [1.54, 1.807) is 29.6 Å². The van der Waals surface area contributed by atoms with Crippen LogP contribution < -0.4 is 10.6 Å². The van der Waals surface area contributed by atoms with Gasteiger partial charge in [-0.25, -0.2) is 8.42 Å². The molecule has 1 heterocycles. The van der Waals surface area contributed by atoms with Gasteiger partial charge >= 0.3 is 0 Å². The van der Waals surface area contributed by atoms with E-state index in [0.717, 1.165) is 37.3 Å². The molecule has 6 nitrogen and oxygen atoms in total. The zero-order valence-electron chi connectivity index (χ0n) is 15.5. The summed E-state index contributed by atoms with van der Waals surface area (Å²) in [4.78, 5) is 4.56. The highest BCUT2D eigenvalue weighted by Crippen LogP contribution is 2.21. The van der Waals surface area contributed by atoms with Gasteiger partial charge in [0.1, 0.15) is 0 Å². The molecule has 0 saturated carbocycles. The molecule has 7 heteroatoms. The molecule has 0 atom stereocenters. The van der Waals surface area contributed by atoms with Gasteiger partial charge in [-0.1, -0.05) is 32.4 Å². The van der Waals surface area contributed by atoms with Crippen molar-refractivity contribution in [3.05, 3.63) is 29.8 Å². The van der Waals surface area contributed by atoms with Crippen molar-refractivity contribution in [2.45, 2.75) is 44.6 Å². The molecule has 1 aromatic carbocycles. The average Bonchev–Trinajstić information content (AvgIpc) is 2.62. The van der Waals surface area contributed by atoms with Crippen LogP contribution in [-0.4, -0.2) is 45.4 Å². The Morgan fingerprint density at radius 1 is 1.20 bits per heavy atom. The van der Waals surface area contributed by atoms with Gasteiger partial charge in [-0.15, -0.1) is 0 Å². The predicted octanol–water partition coefficient (Wildman–Crippen LogP) is 2.18. The number of guanidine groups is 1. The highest BCUT2D eigenvalue weighted by molar-refractivity contribution is 7.89. The van der Waals surface area contributed by atoms with E-state index in [-0.39, 0.29) is 0 Å². The van der Waals surface area contributed by atoms with Crippen molar-refractivity contribution in [1.29, 1.82) is 0 Å². The van der Waals surface area contributed by atoms with Gasteiger partial charge in [-0.05, 0) is 36.5 Å². The minimum atomic E-state index is -3.39. The highest BCUT2D eigenvalue weighted by atomic mass is 32.2. The molecule has 1 aliphatic rings. The third kappa shape index (κ3) is 5.71. The van der Waals surface area contributed by atoms with Crippen LogP contribution in [0.2, 0.25) is 0 Å². The summed E-state index contributed by atoms with van der Waals surface area (Å²) in [6.45, 7) is 6.88. The molecule has 0 unspecified atom stereocenters. The minimum absolute atomic E-state index is 0.374. The standard InChI is InChI=1S/C18H30N4O2S/c1-15(2)13-20-18(19-3)21-14-16-8-7-9-17(12-16)25(23,24)22-10-5-4-6-11-22/h7-9,12,15H,4-6,10-11,13-14H2,1-3H3,(H2,19,20,21). The van der Waals surface area contributed by atoms with E-state index in [1.165, 1.54) is 0 Å². The molecule has 0 spiro atoms. The first-order chi connectivity index (χ1) is 11.9. The number of hydrogen-bond acceptors (Lipinski definition) is 3. The fourth-order valence-corrected chi connectivity index (χ4v) is 4.37. The molecule has 1 fully saturated rings. The first-order valence-electron chi connectivity index (χ1n) is 8.97. The molecule has 0 aromatic heterocycles. The van der Waals surface area contributed by atoms with Crippen molar-refractivity contribution in [3.8, 4) is 0 Å². The summed E-state index contributed by atoms with van der Waals surface area (Å²) in [5.74, 6) is 1.24. The smallest absolute Gasteiger partial charge is 0.243 e. The van der Waals surface area contributed by atoms with Crippen LogP contribution in [0.5, 0.6) is 0 Å². The highest BCUT2D eigenvalue weighted by Gasteiger charge is 2.25. The maximum atomic E-state index is 12.8. The van der Waals surface area contributed by atoms with Gasteiger partial charge < -0.3 is 10.6 Å². The van der Waals surface area contributed by atoms with Gasteiger partial charge in [-0.3, -0.25) is 4.99 Å². The molecule has 140 valence electrons. The average molecular weight is 367 g/mol. The number of sulfonamides is 1. The monoisotopic (exact) mass is 366 g/mol. The van der Waals surface area contributed by atoms with Crippen LogP contribution >= 0.6 is 0 Å². The second kappa shape index (κ2) is 9.20. The number of rotatable bonds is 6. The zero-order valence-corrected chi connectivity index (χ0v) is 16.3. The van der Waals surface area contributed by atoms with Gasteiger partial charge in [0.25, 0.3) is 0 Å². The van der Waals surface area contributed by atoms with E-state index in [9.17, 15) is 8.42 Å². The van der Waals surface area contributed by atoms with E-state index in [1.807, 2.05) is 6.07 Å². The van der Waals surface area contributed by atoms with Gasteiger partial charge in [0, 0.05) is 33.2 Å². The summed E-state index contributed by atoms with van der Waals surface area (Å²) in [5, 5.41) is 6.48. The number of hydrogen-bond donors (Lipinski definition) is 2. The Bertz CT molecular complexity index is 680. The number of benzene rings is 1. The van der Waals surface area contributed by atoms with Crippen molar-refractivity contribution in [2.75, 3.05) is 26.7 Å². The zero-order chi connectivity index (χ0) is 18.3. The van der Waals surface area contributed by atoms with Crippen LogP contribution in [0.1, 0.15) is 38.7 Å². The molecule has 2 N–H and O–H groups in total. The molecular weight excluding hydrogens is 336 g/mol. The van der Waals surface area contributed by atoms with Crippen LogP contribution in [0.15, 0.2) is 34.2 Å². The Morgan fingerprint density at radius 3 is 2.56 bits per heavy atom. The van der Waals surface area contributed by atoms with Crippen LogP contribution in [0.3, 0.4) is 0 Å². The lowest BCUT2D eigenvalue weighted by molar-refractivity contribution is 0.346. The fraction of sp³-hybridized carbons (Fsp3) is 0.611. The Balaban J connectivity index is 2.03. The van der Waals surface area contributed by atoms with E-state index in [4.69, 9.17) is 0 Å². The normalized spacial score (nSPS) is 16.9. The van der Waals surface area contributed by atoms with Crippen molar-refractivity contribution >= 4 is 16.0 Å². The van der Waals surface area contributed by atoms with Gasteiger partial charge in [0.05, 0.1) is 4.90 Å². The molecule has 1 aromatic rings. The first-order valence-corrected chi connectivity index (χ1v) is 10.4.